The van der Waals surface area contributed by atoms with Crippen LogP contribution in [0.15, 0.2) is 18.2 Å². The lowest BCUT2D eigenvalue weighted by atomic mass is 10.2. The summed E-state index contributed by atoms with van der Waals surface area (Å²) >= 11 is 1.86. The number of benzene rings is 1. The first-order chi connectivity index (χ1) is 13.2. The van der Waals surface area contributed by atoms with Gasteiger partial charge in [0.05, 0.1) is 24.5 Å². The molecule has 2 fully saturated rings. The third-order valence-corrected chi connectivity index (χ3v) is 5.28. The van der Waals surface area contributed by atoms with Crippen molar-refractivity contribution in [1.29, 1.82) is 0 Å². The summed E-state index contributed by atoms with van der Waals surface area (Å²) in [4.78, 5) is 27.3. The zero-order chi connectivity index (χ0) is 20.3. The number of ether oxygens (including phenoxy) is 2. The van der Waals surface area contributed by atoms with Crippen molar-refractivity contribution in [1.82, 2.24) is 5.32 Å². The molecule has 7 nitrogen and oxygen atoms in total. The van der Waals surface area contributed by atoms with Gasteiger partial charge in [0.25, 0.3) is 0 Å². The monoisotopic (exact) mass is 411 g/mol. The minimum Gasteiger partial charge on any atom is -0.444 e. The number of hydrogen-bond donors (Lipinski definition) is 1. The number of halogens is 1. The predicted molar refractivity (Wildman–Crippen MR) is 108 cm³/mol. The lowest BCUT2D eigenvalue weighted by molar-refractivity contribution is 0.0496. The van der Waals surface area contributed by atoms with Crippen LogP contribution in [0.5, 0.6) is 0 Å². The Morgan fingerprint density at radius 2 is 2.07 bits per heavy atom. The zero-order valence-electron chi connectivity index (χ0n) is 16.4. The van der Waals surface area contributed by atoms with E-state index in [4.69, 9.17) is 9.47 Å². The molecule has 28 heavy (non-hydrogen) atoms. The predicted octanol–water partition coefficient (Wildman–Crippen LogP) is 3.23. The summed E-state index contributed by atoms with van der Waals surface area (Å²) in [6, 6.07) is 4.80. The van der Waals surface area contributed by atoms with Crippen LogP contribution in [0.25, 0.3) is 0 Å². The number of thioether (sulfide) groups is 1. The van der Waals surface area contributed by atoms with Crippen LogP contribution in [-0.2, 0) is 9.47 Å². The smallest absolute Gasteiger partial charge is 0.414 e. The number of hydrogen-bond acceptors (Lipinski definition) is 6. The van der Waals surface area contributed by atoms with E-state index in [0.29, 0.717) is 11.4 Å². The van der Waals surface area contributed by atoms with Crippen LogP contribution in [0, 0.1) is 5.82 Å². The number of nitrogens with zero attached hydrogens (tertiary/aromatic N) is 2. The van der Waals surface area contributed by atoms with Crippen molar-refractivity contribution in [2.24, 2.45) is 0 Å². The van der Waals surface area contributed by atoms with Gasteiger partial charge in [-0.1, -0.05) is 0 Å². The van der Waals surface area contributed by atoms with Gasteiger partial charge in [-0.3, -0.25) is 4.90 Å². The van der Waals surface area contributed by atoms with Gasteiger partial charge in [-0.15, -0.1) is 0 Å². The Kier molecular flexibility index (Phi) is 6.22. The van der Waals surface area contributed by atoms with E-state index in [0.717, 1.165) is 24.6 Å². The number of amides is 2. The topological polar surface area (TPSA) is 71.1 Å². The molecule has 2 amide bonds. The third-order valence-electron chi connectivity index (χ3n) is 4.34. The van der Waals surface area contributed by atoms with Crippen LogP contribution in [0.1, 0.15) is 20.8 Å². The molecule has 2 aliphatic rings. The van der Waals surface area contributed by atoms with Crippen molar-refractivity contribution in [2.75, 3.05) is 47.5 Å². The van der Waals surface area contributed by atoms with Crippen molar-refractivity contribution in [2.45, 2.75) is 32.5 Å². The second-order valence-corrected chi connectivity index (χ2v) is 8.96. The number of rotatable bonds is 4. The maximum atomic E-state index is 14.6. The quantitative estimate of drug-likeness (QED) is 0.820. The van der Waals surface area contributed by atoms with Crippen molar-refractivity contribution in [3.05, 3.63) is 24.0 Å². The summed E-state index contributed by atoms with van der Waals surface area (Å²) in [7, 11) is 0. The molecule has 1 aromatic carbocycles. The van der Waals surface area contributed by atoms with E-state index >= 15 is 0 Å². The molecular weight excluding hydrogens is 385 g/mol. The molecule has 2 heterocycles. The highest BCUT2D eigenvalue weighted by atomic mass is 32.2. The highest BCUT2D eigenvalue weighted by molar-refractivity contribution is 7.99. The van der Waals surface area contributed by atoms with Crippen molar-refractivity contribution in [3.8, 4) is 0 Å². The molecule has 1 atom stereocenters. The van der Waals surface area contributed by atoms with Crippen molar-refractivity contribution < 1.29 is 23.5 Å². The summed E-state index contributed by atoms with van der Waals surface area (Å²) in [6.07, 6.45) is -1.66. The van der Waals surface area contributed by atoms with Gasteiger partial charge in [-0.05, 0) is 39.0 Å². The van der Waals surface area contributed by atoms with Crippen LogP contribution in [0.4, 0.5) is 25.4 Å². The standard InChI is InChI=1S/C19H26FN3O4S/c1-19(2,3)27-17(24)21-11-14-12-23(18(25)26-14)13-4-5-16(15(20)10-13)22-6-8-28-9-7-22/h4-5,10,14H,6-9,11-12H2,1-3H3,(H,21,24)/t14-/m0/s1. The fourth-order valence-electron chi connectivity index (χ4n) is 3.07. The average molecular weight is 411 g/mol. The molecule has 2 aliphatic heterocycles. The summed E-state index contributed by atoms with van der Waals surface area (Å²) in [5, 5.41) is 2.59. The highest BCUT2D eigenvalue weighted by Crippen LogP contribution is 2.29. The van der Waals surface area contributed by atoms with Gasteiger partial charge in [0.2, 0.25) is 0 Å². The van der Waals surface area contributed by atoms with Crippen LogP contribution < -0.4 is 15.1 Å². The molecule has 0 aromatic heterocycles. The van der Waals surface area contributed by atoms with E-state index in [-0.39, 0.29) is 18.9 Å². The molecule has 0 unspecified atom stereocenters. The number of nitrogens with one attached hydrogen (secondary N) is 1. The van der Waals surface area contributed by atoms with Gasteiger partial charge in [0, 0.05) is 24.6 Å². The van der Waals surface area contributed by atoms with E-state index in [2.05, 4.69) is 5.32 Å². The summed E-state index contributed by atoms with van der Waals surface area (Å²) in [6.45, 7) is 7.29. The van der Waals surface area contributed by atoms with Crippen LogP contribution in [0.3, 0.4) is 0 Å². The third kappa shape index (κ3) is 5.21. The van der Waals surface area contributed by atoms with Crippen molar-refractivity contribution in [3.63, 3.8) is 0 Å². The van der Waals surface area contributed by atoms with Crippen LogP contribution >= 0.6 is 11.8 Å². The number of anilines is 2. The Morgan fingerprint density at radius 3 is 2.71 bits per heavy atom. The summed E-state index contributed by atoms with van der Waals surface area (Å²) in [5.74, 6) is 1.60. The van der Waals surface area contributed by atoms with Crippen LogP contribution in [0.2, 0.25) is 0 Å². The summed E-state index contributed by atoms with van der Waals surface area (Å²) < 4.78 is 25.1. The Labute approximate surface area is 168 Å². The number of carbonyl (C=O) groups is 2. The Bertz CT molecular complexity index is 734. The Balaban J connectivity index is 1.59. The minimum absolute atomic E-state index is 0.128. The Morgan fingerprint density at radius 1 is 1.36 bits per heavy atom. The van der Waals surface area contributed by atoms with Crippen molar-refractivity contribution >= 4 is 35.3 Å². The van der Waals surface area contributed by atoms with Gasteiger partial charge >= 0.3 is 12.2 Å². The molecule has 0 saturated carbocycles. The SMILES string of the molecule is CC(C)(C)OC(=O)NC[C@H]1CN(c2ccc(N3CCSCC3)c(F)c2)C(=O)O1. The molecule has 1 N–H and O–H groups in total. The van der Waals surface area contributed by atoms with E-state index in [1.165, 1.54) is 11.0 Å². The largest absolute Gasteiger partial charge is 0.444 e. The maximum absolute atomic E-state index is 14.6. The first kappa shape index (κ1) is 20.6. The van der Waals surface area contributed by atoms with E-state index in [9.17, 15) is 14.0 Å². The second kappa shape index (κ2) is 8.46. The number of cyclic esters (lactones) is 1. The van der Waals surface area contributed by atoms with E-state index in [1.54, 1.807) is 32.9 Å². The molecule has 0 spiro atoms. The molecule has 3 rings (SSSR count). The van der Waals surface area contributed by atoms with Crippen LogP contribution in [-0.4, -0.2) is 61.6 Å². The highest BCUT2D eigenvalue weighted by Gasteiger charge is 2.33. The first-order valence-electron chi connectivity index (χ1n) is 9.30. The van der Waals surface area contributed by atoms with Gasteiger partial charge in [-0.2, -0.15) is 11.8 Å². The first-order valence-corrected chi connectivity index (χ1v) is 10.5. The molecule has 0 radical (unpaired) electrons. The molecule has 0 aliphatic carbocycles. The molecule has 1 aromatic rings. The Hall–Kier alpha value is -2.16. The second-order valence-electron chi connectivity index (χ2n) is 7.73. The lowest BCUT2D eigenvalue weighted by Crippen LogP contribution is -2.38. The maximum Gasteiger partial charge on any atom is 0.414 e. The fourth-order valence-corrected chi connectivity index (χ4v) is 3.98. The van der Waals surface area contributed by atoms with Gasteiger partial charge in [0.1, 0.15) is 17.5 Å². The normalized spacial score (nSPS) is 20.1. The van der Waals surface area contributed by atoms with Gasteiger partial charge < -0.3 is 19.7 Å². The zero-order valence-corrected chi connectivity index (χ0v) is 17.2. The molecular formula is C19H26FN3O4S. The fraction of sp³-hybridized carbons (Fsp3) is 0.579. The number of carbonyl (C=O) groups excluding carboxylic acids is 2. The molecule has 154 valence electrons. The average Bonchev–Trinajstić information content (AvgIpc) is 3.00. The molecule has 9 heteroatoms. The molecule has 2 saturated heterocycles. The van der Waals surface area contributed by atoms with Gasteiger partial charge in [-0.25, -0.2) is 14.0 Å². The number of alkyl carbamates (subject to hydrolysis) is 1. The van der Waals surface area contributed by atoms with Gasteiger partial charge in [0.15, 0.2) is 0 Å². The minimum atomic E-state index is -0.602. The van der Waals surface area contributed by atoms with E-state index < -0.39 is 23.9 Å². The molecule has 0 bridgehead atoms. The summed E-state index contributed by atoms with van der Waals surface area (Å²) in [5.41, 5.74) is 0.395. The van der Waals surface area contributed by atoms with E-state index in [1.807, 2.05) is 16.7 Å². The lowest BCUT2D eigenvalue weighted by Gasteiger charge is -2.29.